The number of rotatable bonds is 9. The van der Waals surface area contributed by atoms with Gasteiger partial charge in [0.05, 0.1) is 4.90 Å². The Morgan fingerprint density at radius 2 is 1.86 bits per heavy atom. The van der Waals surface area contributed by atoms with Crippen LogP contribution in [0.2, 0.25) is 0 Å². The molecule has 0 saturated carbocycles. The van der Waals surface area contributed by atoms with E-state index in [0.717, 1.165) is 47.5 Å². The predicted octanol–water partition coefficient (Wildman–Crippen LogP) is 2.31. The van der Waals surface area contributed by atoms with Crippen LogP contribution in [0.1, 0.15) is 19.5 Å². The molecule has 0 unspecified atom stereocenters. The summed E-state index contributed by atoms with van der Waals surface area (Å²) in [5.41, 5.74) is 9.29. The molecule has 150 valence electrons. The predicted molar refractivity (Wildman–Crippen MR) is 112 cm³/mol. The Bertz CT molecular complexity index is 1020. The van der Waals surface area contributed by atoms with Gasteiger partial charge in [0.1, 0.15) is 5.65 Å². The summed E-state index contributed by atoms with van der Waals surface area (Å²) in [5, 5.41) is 1.03. The summed E-state index contributed by atoms with van der Waals surface area (Å²) in [6, 6.07) is 11.0. The lowest BCUT2D eigenvalue weighted by Gasteiger charge is -2.16. The maximum atomic E-state index is 12.2. The number of aromatic amines is 1. The number of fused-ring (bicyclic) bond motifs is 1. The van der Waals surface area contributed by atoms with Crippen LogP contribution in [0.25, 0.3) is 22.2 Å². The SMILES string of the molecule is CCN(CC)Cc1cc2c(-c3ccc(S(=O)(=O)NCCN)cc3)ccnc2[nH]1. The summed E-state index contributed by atoms with van der Waals surface area (Å²) in [6.45, 7) is 7.58. The number of H-pyrrole nitrogens is 1. The van der Waals surface area contributed by atoms with Crippen molar-refractivity contribution in [1.29, 1.82) is 0 Å². The lowest BCUT2D eigenvalue weighted by molar-refractivity contribution is 0.293. The molecular weight excluding hydrogens is 374 g/mol. The Morgan fingerprint density at radius 1 is 1.14 bits per heavy atom. The van der Waals surface area contributed by atoms with E-state index in [1.807, 2.05) is 18.2 Å². The van der Waals surface area contributed by atoms with Gasteiger partial charge >= 0.3 is 0 Å². The van der Waals surface area contributed by atoms with Crippen molar-refractivity contribution < 1.29 is 8.42 Å². The fourth-order valence-corrected chi connectivity index (χ4v) is 4.24. The Balaban J connectivity index is 1.92. The number of hydrogen-bond acceptors (Lipinski definition) is 5. The molecule has 2 aromatic heterocycles. The normalized spacial score (nSPS) is 12.1. The molecule has 2 heterocycles. The van der Waals surface area contributed by atoms with Crippen LogP contribution < -0.4 is 10.5 Å². The summed E-state index contributed by atoms with van der Waals surface area (Å²) < 4.78 is 26.9. The molecule has 3 aromatic rings. The van der Waals surface area contributed by atoms with Crippen LogP contribution in [0.15, 0.2) is 47.5 Å². The molecule has 0 radical (unpaired) electrons. The molecule has 8 heteroatoms. The number of pyridine rings is 1. The van der Waals surface area contributed by atoms with Gasteiger partial charge in [-0.05, 0) is 48.5 Å². The topological polar surface area (TPSA) is 104 Å². The molecule has 0 aliphatic rings. The molecule has 4 N–H and O–H groups in total. The lowest BCUT2D eigenvalue weighted by atomic mass is 10.0. The Morgan fingerprint density at radius 3 is 2.50 bits per heavy atom. The van der Waals surface area contributed by atoms with E-state index in [1.165, 1.54) is 0 Å². The van der Waals surface area contributed by atoms with Gasteiger partial charge in [0.2, 0.25) is 10.0 Å². The molecule has 0 fully saturated rings. The van der Waals surface area contributed by atoms with Crippen LogP contribution in [0.3, 0.4) is 0 Å². The third-order valence-electron chi connectivity index (χ3n) is 4.79. The summed E-state index contributed by atoms with van der Waals surface area (Å²) in [7, 11) is -3.53. The standard InChI is InChI=1S/C20H27N5O2S/c1-3-25(4-2)14-16-13-19-18(9-11-22-20(19)24-16)15-5-7-17(8-6-15)28(26,27)23-12-10-21/h5-9,11,13,23H,3-4,10,12,14,21H2,1-2H3,(H,22,24). The van der Waals surface area contributed by atoms with Gasteiger partial charge in [0, 0.05) is 36.9 Å². The van der Waals surface area contributed by atoms with Crippen molar-refractivity contribution in [1.82, 2.24) is 19.6 Å². The number of nitrogens with two attached hydrogens (primary N) is 1. The molecule has 1 aromatic carbocycles. The second-order valence-electron chi connectivity index (χ2n) is 6.59. The highest BCUT2D eigenvalue weighted by atomic mass is 32.2. The molecular formula is C20H27N5O2S. The van der Waals surface area contributed by atoms with E-state index in [2.05, 4.69) is 39.5 Å². The molecule has 0 saturated heterocycles. The smallest absolute Gasteiger partial charge is 0.240 e. The van der Waals surface area contributed by atoms with Crippen molar-refractivity contribution in [3.63, 3.8) is 0 Å². The lowest BCUT2D eigenvalue weighted by Crippen LogP contribution is -2.29. The van der Waals surface area contributed by atoms with Crippen molar-refractivity contribution in [3.8, 4) is 11.1 Å². The van der Waals surface area contributed by atoms with Crippen molar-refractivity contribution in [3.05, 3.63) is 48.3 Å². The largest absolute Gasteiger partial charge is 0.342 e. The molecule has 0 bridgehead atoms. The first kappa shape index (κ1) is 20.5. The Kier molecular flexibility index (Phi) is 6.46. The fraction of sp³-hybridized carbons (Fsp3) is 0.350. The minimum Gasteiger partial charge on any atom is -0.342 e. The Hall–Kier alpha value is -2.26. The quantitative estimate of drug-likeness (QED) is 0.510. The first-order valence-electron chi connectivity index (χ1n) is 9.47. The molecule has 0 atom stereocenters. The summed E-state index contributed by atoms with van der Waals surface area (Å²) in [4.78, 5) is 10.4. The van der Waals surface area contributed by atoms with Crippen molar-refractivity contribution >= 4 is 21.1 Å². The van der Waals surface area contributed by atoms with E-state index >= 15 is 0 Å². The van der Waals surface area contributed by atoms with E-state index in [0.29, 0.717) is 0 Å². The second-order valence-corrected chi connectivity index (χ2v) is 8.35. The van der Waals surface area contributed by atoms with Crippen LogP contribution in [0.5, 0.6) is 0 Å². The van der Waals surface area contributed by atoms with Gasteiger partial charge in [-0.1, -0.05) is 26.0 Å². The van der Waals surface area contributed by atoms with E-state index in [4.69, 9.17) is 5.73 Å². The van der Waals surface area contributed by atoms with E-state index in [1.54, 1.807) is 18.3 Å². The van der Waals surface area contributed by atoms with Crippen LogP contribution in [-0.4, -0.2) is 49.5 Å². The first-order valence-corrected chi connectivity index (χ1v) is 11.0. The highest BCUT2D eigenvalue weighted by molar-refractivity contribution is 7.89. The third kappa shape index (κ3) is 4.41. The molecule has 0 amide bonds. The highest BCUT2D eigenvalue weighted by Gasteiger charge is 2.14. The molecule has 0 spiro atoms. The van der Waals surface area contributed by atoms with Crippen LogP contribution >= 0.6 is 0 Å². The zero-order valence-electron chi connectivity index (χ0n) is 16.3. The van der Waals surface area contributed by atoms with Crippen LogP contribution in [0.4, 0.5) is 0 Å². The second kappa shape index (κ2) is 8.83. The number of aromatic nitrogens is 2. The average molecular weight is 402 g/mol. The van der Waals surface area contributed by atoms with Gasteiger partial charge in [0.25, 0.3) is 0 Å². The molecule has 0 aliphatic carbocycles. The van der Waals surface area contributed by atoms with Gasteiger partial charge in [-0.15, -0.1) is 0 Å². The molecule has 0 aliphatic heterocycles. The molecule has 7 nitrogen and oxygen atoms in total. The van der Waals surface area contributed by atoms with Crippen molar-refractivity contribution in [2.75, 3.05) is 26.2 Å². The average Bonchev–Trinajstić information content (AvgIpc) is 3.13. The van der Waals surface area contributed by atoms with Crippen molar-refractivity contribution in [2.24, 2.45) is 5.73 Å². The fourth-order valence-electron chi connectivity index (χ4n) is 3.20. The minimum atomic E-state index is -3.53. The van der Waals surface area contributed by atoms with Gasteiger partial charge in [-0.2, -0.15) is 0 Å². The maximum Gasteiger partial charge on any atom is 0.240 e. The first-order chi connectivity index (χ1) is 13.5. The van der Waals surface area contributed by atoms with Crippen LogP contribution in [0, 0.1) is 0 Å². The van der Waals surface area contributed by atoms with Gasteiger partial charge < -0.3 is 10.7 Å². The van der Waals surface area contributed by atoms with Gasteiger partial charge in [-0.25, -0.2) is 18.1 Å². The van der Waals surface area contributed by atoms with Crippen LogP contribution in [-0.2, 0) is 16.6 Å². The zero-order valence-corrected chi connectivity index (χ0v) is 17.1. The van der Waals surface area contributed by atoms with E-state index in [-0.39, 0.29) is 18.0 Å². The maximum absolute atomic E-state index is 12.2. The third-order valence-corrected chi connectivity index (χ3v) is 6.27. The number of sulfonamides is 1. The van der Waals surface area contributed by atoms with E-state index < -0.39 is 10.0 Å². The van der Waals surface area contributed by atoms with Crippen molar-refractivity contribution in [2.45, 2.75) is 25.3 Å². The molecule has 28 heavy (non-hydrogen) atoms. The number of hydrogen-bond donors (Lipinski definition) is 3. The van der Waals surface area contributed by atoms with Gasteiger partial charge in [-0.3, -0.25) is 4.90 Å². The van der Waals surface area contributed by atoms with E-state index in [9.17, 15) is 8.42 Å². The number of nitrogens with zero attached hydrogens (tertiary/aromatic N) is 2. The summed E-state index contributed by atoms with van der Waals surface area (Å²) in [5.74, 6) is 0. The van der Waals surface area contributed by atoms with Gasteiger partial charge in [0.15, 0.2) is 0 Å². The minimum absolute atomic E-state index is 0.216. The highest BCUT2D eigenvalue weighted by Crippen LogP contribution is 2.29. The summed E-state index contributed by atoms with van der Waals surface area (Å²) in [6.07, 6.45) is 1.77. The Labute approximate surface area is 166 Å². The number of benzene rings is 1. The molecule has 3 rings (SSSR count). The number of nitrogens with one attached hydrogen (secondary N) is 2. The zero-order chi connectivity index (χ0) is 20.1. The monoisotopic (exact) mass is 401 g/mol. The summed E-state index contributed by atoms with van der Waals surface area (Å²) >= 11 is 0.